The SMILES string of the molecule is CCCn1ncnc1CSc1ccc(O)cc1. The predicted octanol–water partition coefficient (Wildman–Crippen LogP) is 2.69. The van der Waals surface area contributed by atoms with E-state index in [-0.39, 0.29) is 0 Å². The van der Waals surface area contributed by atoms with Gasteiger partial charge in [0.1, 0.15) is 17.9 Å². The van der Waals surface area contributed by atoms with Crippen molar-refractivity contribution in [3.8, 4) is 5.75 Å². The second kappa shape index (κ2) is 5.72. The lowest BCUT2D eigenvalue weighted by molar-refractivity contribution is 0.475. The zero-order chi connectivity index (χ0) is 12.1. The fourth-order valence-corrected chi connectivity index (χ4v) is 2.34. The van der Waals surface area contributed by atoms with Crippen molar-refractivity contribution >= 4 is 11.8 Å². The van der Waals surface area contributed by atoms with Crippen molar-refractivity contribution in [1.82, 2.24) is 14.8 Å². The molecule has 0 saturated carbocycles. The van der Waals surface area contributed by atoms with Crippen LogP contribution in [0.1, 0.15) is 19.2 Å². The zero-order valence-corrected chi connectivity index (χ0v) is 10.5. The van der Waals surface area contributed by atoms with E-state index >= 15 is 0 Å². The summed E-state index contributed by atoms with van der Waals surface area (Å²) in [5.74, 6) is 2.08. The molecule has 2 aromatic rings. The number of aromatic nitrogens is 3. The molecule has 1 aromatic carbocycles. The molecule has 1 N–H and O–H groups in total. The molecule has 0 radical (unpaired) electrons. The van der Waals surface area contributed by atoms with Crippen molar-refractivity contribution in [2.24, 2.45) is 0 Å². The number of hydrogen-bond acceptors (Lipinski definition) is 4. The number of phenolic OH excluding ortho intramolecular Hbond substituents is 1. The van der Waals surface area contributed by atoms with Crippen LogP contribution in [0.5, 0.6) is 5.75 Å². The Bertz CT molecular complexity index is 467. The summed E-state index contributed by atoms with van der Waals surface area (Å²) in [6, 6.07) is 7.19. The normalized spacial score (nSPS) is 10.6. The average molecular weight is 249 g/mol. The third-order valence-corrected chi connectivity index (χ3v) is 3.34. The third-order valence-electron chi connectivity index (χ3n) is 2.34. The Morgan fingerprint density at radius 1 is 1.29 bits per heavy atom. The molecule has 0 aliphatic carbocycles. The van der Waals surface area contributed by atoms with Gasteiger partial charge in [-0.1, -0.05) is 6.92 Å². The highest BCUT2D eigenvalue weighted by molar-refractivity contribution is 7.98. The Labute approximate surface area is 105 Å². The summed E-state index contributed by atoms with van der Waals surface area (Å²) >= 11 is 1.69. The average Bonchev–Trinajstić information content (AvgIpc) is 2.77. The van der Waals surface area contributed by atoms with Gasteiger partial charge in [-0.05, 0) is 30.7 Å². The maximum absolute atomic E-state index is 9.19. The number of phenols is 1. The summed E-state index contributed by atoms with van der Waals surface area (Å²) in [7, 11) is 0. The van der Waals surface area contributed by atoms with Crippen molar-refractivity contribution in [1.29, 1.82) is 0 Å². The fraction of sp³-hybridized carbons (Fsp3) is 0.333. The molecular formula is C12H15N3OS. The van der Waals surface area contributed by atoms with Crippen LogP contribution in [0.25, 0.3) is 0 Å². The van der Waals surface area contributed by atoms with Crippen LogP contribution in [-0.4, -0.2) is 19.9 Å². The molecular weight excluding hydrogens is 234 g/mol. The number of hydrogen-bond donors (Lipinski definition) is 1. The molecule has 0 unspecified atom stereocenters. The smallest absolute Gasteiger partial charge is 0.138 e. The number of rotatable bonds is 5. The summed E-state index contributed by atoms with van der Waals surface area (Å²) in [5.41, 5.74) is 0. The van der Waals surface area contributed by atoms with Crippen LogP contribution < -0.4 is 0 Å². The molecule has 4 nitrogen and oxygen atoms in total. The highest BCUT2D eigenvalue weighted by Crippen LogP contribution is 2.23. The number of nitrogens with zero attached hydrogens (tertiary/aromatic N) is 3. The van der Waals surface area contributed by atoms with Gasteiger partial charge in [0.15, 0.2) is 0 Å². The number of thioether (sulfide) groups is 1. The van der Waals surface area contributed by atoms with E-state index in [0.29, 0.717) is 5.75 Å². The molecule has 1 aromatic heterocycles. The van der Waals surface area contributed by atoms with E-state index in [4.69, 9.17) is 0 Å². The van der Waals surface area contributed by atoms with E-state index < -0.39 is 0 Å². The summed E-state index contributed by atoms with van der Waals surface area (Å²) in [6.07, 6.45) is 2.66. The molecule has 0 spiro atoms. The summed E-state index contributed by atoms with van der Waals surface area (Å²) in [6.45, 7) is 3.03. The number of benzene rings is 1. The van der Waals surface area contributed by atoms with Crippen LogP contribution in [0.4, 0.5) is 0 Å². The van der Waals surface area contributed by atoms with Gasteiger partial charge in [-0.15, -0.1) is 11.8 Å². The lowest BCUT2D eigenvalue weighted by atomic mass is 10.3. The molecule has 17 heavy (non-hydrogen) atoms. The minimum Gasteiger partial charge on any atom is -0.508 e. The maximum atomic E-state index is 9.19. The van der Waals surface area contributed by atoms with E-state index in [2.05, 4.69) is 17.0 Å². The van der Waals surface area contributed by atoms with Crippen molar-refractivity contribution in [3.05, 3.63) is 36.4 Å². The van der Waals surface area contributed by atoms with E-state index in [1.165, 1.54) is 0 Å². The van der Waals surface area contributed by atoms with E-state index in [9.17, 15) is 5.11 Å². The van der Waals surface area contributed by atoms with E-state index in [1.54, 1.807) is 30.2 Å². The maximum Gasteiger partial charge on any atom is 0.138 e. The monoisotopic (exact) mass is 249 g/mol. The molecule has 0 amide bonds. The Morgan fingerprint density at radius 2 is 2.06 bits per heavy atom. The van der Waals surface area contributed by atoms with Crippen molar-refractivity contribution in [3.63, 3.8) is 0 Å². The lowest BCUT2D eigenvalue weighted by Crippen LogP contribution is -2.03. The zero-order valence-electron chi connectivity index (χ0n) is 9.71. The first-order valence-electron chi connectivity index (χ1n) is 5.58. The van der Waals surface area contributed by atoms with Gasteiger partial charge in [-0.25, -0.2) is 9.67 Å². The Balaban J connectivity index is 1.97. The van der Waals surface area contributed by atoms with Gasteiger partial charge in [0.2, 0.25) is 0 Å². The molecule has 0 aliphatic rings. The van der Waals surface area contributed by atoms with Crippen LogP contribution in [0.2, 0.25) is 0 Å². The molecule has 0 saturated heterocycles. The van der Waals surface area contributed by atoms with Gasteiger partial charge in [0, 0.05) is 11.4 Å². The molecule has 0 aliphatic heterocycles. The van der Waals surface area contributed by atoms with Crippen molar-refractivity contribution in [2.75, 3.05) is 0 Å². The van der Waals surface area contributed by atoms with Crippen LogP contribution in [-0.2, 0) is 12.3 Å². The van der Waals surface area contributed by atoms with Gasteiger partial charge in [0.05, 0.1) is 5.75 Å². The van der Waals surface area contributed by atoms with Crippen LogP contribution in [0, 0.1) is 0 Å². The highest BCUT2D eigenvalue weighted by Gasteiger charge is 2.04. The van der Waals surface area contributed by atoms with Gasteiger partial charge in [-0.2, -0.15) is 5.10 Å². The second-order valence-electron chi connectivity index (χ2n) is 3.68. The molecule has 0 bridgehead atoms. The van der Waals surface area contributed by atoms with Crippen LogP contribution >= 0.6 is 11.8 Å². The standard InChI is InChI=1S/C12H15N3OS/c1-2-7-15-12(13-9-14-15)8-17-11-5-3-10(16)4-6-11/h3-6,9,16H,2,7-8H2,1H3. The fourth-order valence-electron chi connectivity index (χ4n) is 1.49. The van der Waals surface area contributed by atoms with E-state index in [0.717, 1.165) is 29.4 Å². The number of aryl methyl sites for hydroxylation is 1. The van der Waals surface area contributed by atoms with E-state index in [1.807, 2.05) is 16.8 Å². The summed E-state index contributed by atoms with van der Waals surface area (Å²) in [5, 5.41) is 13.4. The molecule has 5 heteroatoms. The van der Waals surface area contributed by atoms with Crippen LogP contribution in [0.15, 0.2) is 35.5 Å². The Kier molecular flexibility index (Phi) is 4.03. The minimum absolute atomic E-state index is 0.295. The predicted molar refractivity (Wildman–Crippen MR) is 68.0 cm³/mol. The minimum atomic E-state index is 0.295. The van der Waals surface area contributed by atoms with Gasteiger partial charge in [0.25, 0.3) is 0 Å². The topological polar surface area (TPSA) is 50.9 Å². The molecule has 1 heterocycles. The summed E-state index contributed by atoms with van der Waals surface area (Å²) < 4.78 is 1.94. The largest absolute Gasteiger partial charge is 0.508 e. The molecule has 2 rings (SSSR count). The van der Waals surface area contributed by atoms with Crippen LogP contribution in [0.3, 0.4) is 0 Å². The van der Waals surface area contributed by atoms with Crippen molar-refractivity contribution < 1.29 is 5.11 Å². The van der Waals surface area contributed by atoms with Gasteiger partial charge >= 0.3 is 0 Å². The molecule has 0 fully saturated rings. The van der Waals surface area contributed by atoms with Gasteiger partial charge in [-0.3, -0.25) is 0 Å². The quantitative estimate of drug-likeness (QED) is 0.828. The first kappa shape index (κ1) is 12.0. The van der Waals surface area contributed by atoms with Gasteiger partial charge < -0.3 is 5.11 Å². The summed E-state index contributed by atoms with van der Waals surface area (Å²) in [4.78, 5) is 5.37. The Hall–Kier alpha value is -1.49. The third kappa shape index (κ3) is 3.23. The number of aromatic hydroxyl groups is 1. The molecule has 0 atom stereocenters. The second-order valence-corrected chi connectivity index (χ2v) is 4.73. The highest BCUT2D eigenvalue weighted by atomic mass is 32.2. The van der Waals surface area contributed by atoms with Crippen molar-refractivity contribution in [2.45, 2.75) is 30.5 Å². The Morgan fingerprint density at radius 3 is 2.76 bits per heavy atom. The first-order valence-corrected chi connectivity index (χ1v) is 6.56. The lowest BCUT2D eigenvalue weighted by Gasteiger charge is -2.04. The first-order chi connectivity index (χ1) is 8.29. The molecule has 90 valence electrons.